The van der Waals surface area contributed by atoms with Gasteiger partial charge in [-0.25, -0.2) is 9.97 Å². The molecule has 1 aromatic carbocycles. The second-order valence-corrected chi connectivity index (χ2v) is 3.71. The second kappa shape index (κ2) is 4.78. The van der Waals surface area contributed by atoms with Gasteiger partial charge in [-0.1, -0.05) is 19.2 Å². The lowest BCUT2D eigenvalue weighted by Crippen LogP contribution is -1.93. The molecule has 17 heavy (non-hydrogen) atoms. The average molecular weight is 226 g/mol. The van der Waals surface area contributed by atoms with Gasteiger partial charge in [0.25, 0.3) is 0 Å². The van der Waals surface area contributed by atoms with Crippen LogP contribution in [0.2, 0.25) is 0 Å². The maximum atomic E-state index is 5.41. The molecule has 0 atom stereocenters. The van der Waals surface area contributed by atoms with Crippen LogP contribution >= 0.6 is 0 Å². The molecule has 3 nitrogen and oxygen atoms in total. The first-order valence-electron chi connectivity index (χ1n) is 5.36. The summed E-state index contributed by atoms with van der Waals surface area (Å²) in [7, 11) is 0. The molecule has 1 aromatic heterocycles. The summed E-state index contributed by atoms with van der Waals surface area (Å²) in [5.41, 5.74) is 2.82. The van der Waals surface area contributed by atoms with Gasteiger partial charge in [0.15, 0.2) is 0 Å². The fourth-order valence-electron chi connectivity index (χ4n) is 1.60. The molecule has 0 N–H and O–H groups in total. The molecule has 0 bridgehead atoms. The number of fused-ring (bicyclic) bond motifs is 1. The second-order valence-electron chi connectivity index (χ2n) is 3.71. The Kier molecular flexibility index (Phi) is 3.19. The maximum Gasteiger partial charge on any atom is 0.119 e. The largest absolute Gasteiger partial charge is 0.490 e. The highest BCUT2D eigenvalue weighted by Crippen LogP contribution is 2.21. The summed E-state index contributed by atoms with van der Waals surface area (Å²) >= 11 is 0. The molecule has 0 amide bonds. The lowest BCUT2D eigenvalue weighted by atomic mass is 10.1. The van der Waals surface area contributed by atoms with Crippen LogP contribution in [0.15, 0.2) is 43.8 Å². The van der Waals surface area contributed by atoms with Gasteiger partial charge in [-0.15, -0.1) is 0 Å². The van der Waals surface area contributed by atoms with Crippen LogP contribution in [-0.4, -0.2) is 16.6 Å². The van der Waals surface area contributed by atoms with Crippen molar-refractivity contribution in [2.24, 2.45) is 0 Å². The molecule has 3 heteroatoms. The summed E-state index contributed by atoms with van der Waals surface area (Å²) in [6, 6.07) is 5.89. The molecular formula is C14H14N2O. The van der Waals surface area contributed by atoms with E-state index in [0.29, 0.717) is 12.4 Å². The van der Waals surface area contributed by atoms with Crippen molar-refractivity contribution in [3.63, 3.8) is 0 Å². The number of nitrogens with zero attached hydrogens (tertiary/aromatic N) is 2. The molecule has 0 radical (unpaired) electrons. The Labute approximate surface area is 100 Å². The molecule has 0 fully saturated rings. The number of hydrogen-bond acceptors (Lipinski definition) is 3. The molecule has 2 aromatic rings. The van der Waals surface area contributed by atoms with E-state index in [-0.39, 0.29) is 0 Å². The zero-order valence-corrected chi connectivity index (χ0v) is 9.81. The fourth-order valence-corrected chi connectivity index (χ4v) is 1.60. The smallest absolute Gasteiger partial charge is 0.119 e. The van der Waals surface area contributed by atoms with Gasteiger partial charge in [-0.2, -0.15) is 0 Å². The number of aromatic nitrogens is 2. The lowest BCUT2D eigenvalue weighted by Gasteiger charge is -2.08. The molecular weight excluding hydrogens is 212 g/mol. The van der Waals surface area contributed by atoms with Crippen LogP contribution in [0.25, 0.3) is 16.7 Å². The van der Waals surface area contributed by atoms with Crippen LogP contribution in [0.4, 0.5) is 0 Å². The standard InChI is InChI=1S/C14H14N2O/c1-4-7-17-11(3)12-5-6-14-13(8-12)10(2)15-9-16-14/h4-6,8-9H,1,3,7H2,2H3. The third kappa shape index (κ3) is 2.33. The van der Waals surface area contributed by atoms with Crippen LogP contribution in [0, 0.1) is 6.92 Å². The monoisotopic (exact) mass is 226 g/mol. The summed E-state index contributed by atoms with van der Waals surface area (Å²) in [6.45, 7) is 9.91. The van der Waals surface area contributed by atoms with Gasteiger partial charge >= 0.3 is 0 Å². The first-order chi connectivity index (χ1) is 8.22. The molecule has 2 rings (SSSR count). The quantitative estimate of drug-likeness (QED) is 0.593. The van der Waals surface area contributed by atoms with Gasteiger partial charge < -0.3 is 4.74 Å². The number of benzene rings is 1. The minimum Gasteiger partial charge on any atom is -0.490 e. The SMILES string of the molecule is C=CCOC(=C)c1ccc2ncnc(C)c2c1. The van der Waals surface area contributed by atoms with Crippen LogP contribution in [0.3, 0.4) is 0 Å². The maximum absolute atomic E-state index is 5.41. The predicted molar refractivity (Wildman–Crippen MR) is 69.5 cm³/mol. The van der Waals surface area contributed by atoms with E-state index in [9.17, 15) is 0 Å². The summed E-state index contributed by atoms with van der Waals surface area (Å²) in [6.07, 6.45) is 3.26. The zero-order valence-electron chi connectivity index (χ0n) is 9.81. The Morgan fingerprint density at radius 1 is 1.41 bits per heavy atom. The third-order valence-electron chi connectivity index (χ3n) is 2.53. The van der Waals surface area contributed by atoms with Crippen molar-refractivity contribution in [1.29, 1.82) is 0 Å². The molecule has 1 heterocycles. The molecule has 86 valence electrons. The average Bonchev–Trinajstić information content (AvgIpc) is 2.36. The van der Waals surface area contributed by atoms with Gasteiger partial charge in [-0.05, 0) is 25.1 Å². The van der Waals surface area contributed by atoms with Crippen molar-refractivity contribution in [2.75, 3.05) is 6.61 Å². The van der Waals surface area contributed by atoms with Gasteiger partial charge in [0.2, 0.25) is 0 Å². The minimum atomic E-state index is 0.459. The van der Waals surface area contributed by atoms with Gasteiger partial charge in [0, 0.05) is 16.6 Å². The topological polar surface area (TPSA) is 35.0 Å². The van der Waals surface area contributed by atoms with Gasteiger partial charge in [-0.3, -0.25) is 0 Å². The fraction of sp³-hybridized carbons (Fsp3) is 0.143. The first kappa shape index (κ1) is 11.3. The Bertz CT molecular complexity index is 575. The van der Waals surface area contributed by atoms with Crippen molar-refractivity contribution < 1.29 is 4.74 Å². The third-order valence-corrected chi connectivity index (χ3v) is 2.53. The Balaban J connectivity index is 2.40. The number of aryl methyl sites for hydroxylation is 1. The molecule has 0 aliphatic rings. The van der Waals surface area contributed by atoms with E-state index in [0.717, 1.165) is 22.2 Å². The van der Waals surface area contributed by atoms with E-state index in [1.165, 1.54) is 0 Å². The van der Waals surface area contributed by atoms with Crippen molar-refractivity contribution in [2.45, 2.75) is 6.92 Å². The normalized spacial score (nSPS) is 10.2. The van der Waals surface area contributed by atoms with Crippen molar-refractivity contribution in [3.05, 3.63) is 55.0 Å². The zero-order chi connectivity index (χ0) is 12.3. The molecule has 0 saturated carbocycles. The molecule has 0 saturated heterocycles. The van der Waals surface area contributed by atoms with Crippen LogP contribution in [0.1, 0.15) is 11.3 Å². The van der Waals surface area contributed by atoms with E-state index in [4.69, 9.17) is 4.74 Å². The van der Waals surface area contributed by atoms with Crippen LogP contribution in [0.5, 0.6) is 0 Å². The van der Waals surface area contributed by atoms with Gasteiger partial charge in [0.1, 0.15) is 18.7 Å². The highest BCUT2D eigenvalue weighted by Gasteiger charge is 2.04. The van der Waals surface area contributed by atoms with E-state index >= 15 is 0 Å². The number of hydrogen-bond donors (Lipinski definition) is 0. The van der Waals surface area contributed by atoms with Gasteiger partial charge in [0.05, 0.1) is 5.52 Å². The van der Waals surface area contributed by atoms with E-state index < -0.39 is 0 Å². The Morgan fingerprint density at radius 3 is 3.00 bits per heavy atom. The molecule has 0 spiro atoms. The Morgan fingerprint density at radius 2 is 2.24 bits per heavy atom. The van der Waals surface area contributed by atoms with E-state index in [1.807, 2.05) is 25.1 Å². The van der Waals surface area contributed by atoms with E-state index in [2.05, 4.69) is 23.1 Å². The summed E-state index contributed by atoms with van der Waals surface area (Å²) in [5, 5.41) is 1.02. The predicted octanol–water partition coefficient (Wildman–Crippen LogP) is 3.11. The minimum absolute atomic E-state index is 0.459. The van der Waals surface area contributed by atoms with E-state index in [1.54, 1.807) is 12.4 Å². The Hall–Kier alpha value is -2.16. The van der Waals surface area contributed by atoms with Crippen LogP contribution < -0.4 is 0 Å². The summed E-state index contributed by atoms with van der Waals surface area (Å²) in [5.74, 6) is 0.634. The van der Waals surface area contributed by atoms with Crippen LogP contribution in [-0.2, 0) is 4.74 Å². The number of rotatable bonds is 4. The molecule has 0 aliphatic carbocycles. The highest BCUT2D eigenvalue weighted by atomic mass is 16.5. The number of ether oxygens (including phenoxy) is 1. The summed E-state index contributed by atoms with van der Waals surface area (Å²) < 4.78 is 5.41. The van der Waals surface area contributed by atoms with Crippen molar-refractivity contribution >= 4 is 16.7 Å². The first-order valence-corrected chi connectivity index (χ1v) is 5.36. The van der Waals surface area contributed by atoms with Crippen molar-refractivity contribution in [1.82, 2.24) is 9.97 Å². The summed E-state index contributed by atoms with van der Waals surface area (Å²) in [4.78, 5) is 8.38. The highest BCUT2D eigenvalue weighted by molar-refractivity contribution is 5.83. The molecule has 0 unspecified atom stereocenters. The lowest BCUT2D eigenvalue weighted by molar-refractivity contribution is 0.321. The molecule has 0 aliphatic heterocycles. The van der Waals surface area contributed by atoms with Crippen molar-refractivity contribution in [3.8, 4) is 0 Å².